The minimum atomic E-state index is 0.687. The smallest absolute Gasteiger partial charge is 0.298 e. The predicted molar refractivity (Wildman–Crippen MR) is 90.1 cm³/mol. The lowest BCUT2D eigenvalue weighted by atomic mass is 10.2. The van der Waals surface area contributed by atoms with Crippen molar-refractivity contribution in [1.29, 1.82) is 0 Å². The van der Waals surface area contributed by atoms with Crippen molar-refractivity contribution in [1.82, 2.24) is 9.88 Å². The third-order valence-electron chi connectivity index (χ3n) is 3.59. The molecule has 0 N–H and O–H groups in total. The number of nitrogens with zero attached hydrogens (tertiary/aromatic N) is 3. The summed E-state index contributed by atoms with van der Waals surface area (Å²) >= 11 is 0. The Morgan fingerprint density at radius 3 is 2.36 bits per heavy atom. The van der Waals surface area contributed by atoms with Gasteiger partial charge in [-0.1, -0.05) is 42.5 Å². The first-order valence-corrected chi connectivity index (χ1v) is 7.51. The second-order valence-electron chi connectivity index (χ2n) is 5.67. The van der Waals surface area contributed by atoms with Gasteiger partial charge in [-0.25, -0.2) is 0 Å². The summed E-state index contributed by atoms with van der Waals surface area (Å²) in [5, 5.41) is 0. The van der Waals surface area contributed by atoms with Crippen LogP contribution in [0.5, 0.6) is 0 Å². The Kier molecular flexibility index (Phi) is 4.39. The van der Waals surface area contributed by atoms with Crippen molar-refractivity contribution in [3.63, 3.8) is 0 Å². The number of benzene rings is 2. The van der Waals surface area contributed by atoms with Crippen LogP contribution in [0.2, 0.25) is 0 Å². The molecule has 0 unspecified atom stereocenters. The molecule has 22 heavy (non-hydrogen) atoms. The highest BCUT2D eigenvalue weighted by atomic mass is 16.4. The molecule has 3 rings (SSSR count). The van der Waals surface area contributed by atoms with Gasteiger partial charge in [0, 0.05) is 19.6 Å². The van der Waals surface area contributed by atoms with Crippen molar-refractivity contribution >= 4 is 17.1 Å². The van der Waals surface area contributed by atoms with Crippen LogP contribution in [0, 0.1) is 0 Å². The molecule has 0 saturated heterocycles. The zero-order valence-corrected chi connectivity index (χ0v) is 13.1. The highest BCUT2D eigenvalue weighted by Crippen LogP contribution is 2.22. The van der Waals surface area contributed by atoms with Crippen LogP contribution in [0.25, 0.3) is 11.1 Å². The SMILES string of the molecule is CN(C)CCN(Cc1ccccc1)c1nc2ccccc2o1. The molecule has 0 aliphatic rings. The van der Waals surface area contributed by atoms with Gasteiger partial charge in [0.1, 0.15) is 5.52 Å². The summed E-state index contributed by atoms with van der Waals surface area (Å²) in [6.45, 7) is 2.61. The number of fused-ring (bicyclic) bond motifs is 1. The monoisotopic (exact) mass is 295 g/mol. The molecule has 0 spiro atoms. The lowest BCUT2D eigenvalue weighted by Crippen LogP contribution is -2.31. The van der Waals surface area contributed by atoms with Crippen LogP contribution in [-0.4, -0.2) is 37.1 Å². The molecule has 0 saturated carbocycles. The predicted octanol–water partition coefficient (Wildman–Crippen LogP) is 3.40. The van der Waals surface area contributed by atoms with Crippen molar-refractivity contribution in [3.05, 3.63) is 60.2 Å². The first-order chi connectivity index (χ1) is 10.7. The number of aromatic nitrogens is 1. The molecular formula is C18H21N3O. The molecule has 4 heteroatoms. The van der Waals surface area contributed by atoms with Crippen LogP contribution in [0.15, 0.2) is 59.0 Å². The molecule has 0 aliphatic heterocycles. The normalized spacial score (nSPS) is 11.2. The van der Waals surface area contributed by atoms with Gasteiger partial charge in [0.2, 0.25) is 0 Å². The summed E-state index contributed by atoms with van der Waals surface area (Å²) in [5.41, 5.74) is 2.99. The molecule has 0 bridgehead atoms. The van der Waals surface area contributed by atoms with Gasteiger partial charge in [-0.2, -0.15) is 4.98 Å². The Bertz CT molecular complexity index is 688. The van der Waals surface area contributed by atoms with E-state index in [9.17, 15) is 0 Å². The van der Waals surface area contributed by atoms with E-state index < -0.39 is 0 Å². The number of para-hydroxylation sites is 2. The maximum Gasteiger partial charge on any atom is 0.298 e. The molecule has 0 fully saturated rings. The molecular weight excluding hydrogens is 274 g/mol. The fourth-order valence-electron chi connectivity index (χ4n) is 2.36. The average molecular weight is 295 g/mol. The Morgan fingerprint density at radius 1 is 0.909 bits per heavy atom. The van der Waals surface area contributed by atoms with E-state index in [1.54, 1.807) is 0 Å². The summed E-state index contributed by atoms with van der Waals surface area (Å²) in [6.07, 6.45) is 0. The van der Waals surface area contributed by atoms with Crippen molar-refractivity contribution in [2.24, 2.45) is 0 Å². The Labute approximate surface area is 131 Å². The first kappa shape index (κ1) is 14.6. The Balaban J connectivity index is 1.86. The molecule has 0 atom stereocenters. The summed E-state index contributed by atoms with van der Waals surface area (Å²) in [6, 6.07) is 19.0. The number of rotatable bonds is 6. The lowest BCUT2D eigenvalue weighted by molar-refractivity contribution is 0.406. The van der Waals surface area contributed by atoms with Crippen molar-refractivity contribution in [2.75, 3.05) is 32.1 Å². The average Bonchev–Trinajstić information content (AvgIpc) is 2.96. The quantitative estimate of drug-likeness (QED) is 0.698. The zero-order chi connectivity index (χ0) is 15.4. The number of anilines is 1. The topological polar surface area (TPSA) is 32.5 Å². The molecule has 2 aromatic carbocycles. The summed E-state index contributed by atoms with van der Waals surface area (Å²) in [4.78, 5) is 8.99. The second-order valence-corrected chi connectivity index (χ2v) is 5.67. The van der Waals surface area contributed by atoms with E-state index in [4.69, 9.17) is 4.42 Å². The van der Waals surface area contributed by atoms with E-state index in [-0.39, 0.29) is 0 Å². The molecule has 0 radical (unpaired) electrons. The largest absolute Gasteiger partial charge is 0.423 e. The van der Waals surface area contributed by atoms with Crippen molar-refractivity contribution < 1.29 is 4.42 Å². The minimum Gasteiger partial charge on any atom is -0.423 e. The highest BCUT2D eigenvalue weighted by molar-refractivity contribution is 5.74. The third-order valence-corrected chi connectivity index (χ3v) is 3.59. The van der Waals surface area contributed by atoms with Gasteiger partial charge in [0.25, 0.3) is 6.01 Å². The highest BCUT2D eigenvalue weighted by Gasteiger charge is 2.14. The molecule has 0 amide bonds. The van der Waals surface area contributed by atoms with E-state index >= 15 is 0 Å². The fraction of sp³-hybridized carbons (Fsp3) is 0.278. The van der Waals surface area contributed by atoms with E-state index in [1.165, 1.54) is 5.56 Å². The summed E-state index contributed by atoms with van der Waals surface area (Å²) in [7, 11) is 4.15. The Morgan fingerprint density at radius 2 is 1.64 bits per heavy atom. The summed E-state index contributed by atoms with van der Waals surface area (Å²) < 4.78 is 5.93. The standard InChI is InChI=1S/C18H21N3O/c1-20(2)12-13-21(14-15-8-4-3-5-9-15)18-19-16-10-6-7-11-17(16)22-18/h3-11H,12-14H2,1-2H3. The van der Waals surface area contributed by atoms with Crippen LogP contribution in [0.3, 0.4) is 0 Å². The fourth-order valence-corrected chi connectivity index (χ4v) is 2.36. The zero-order valence-electron chi connectivity index (χ0n) is 13.1. The molecule has 114 valence electrons. The first-order valence-electron chi connectivity index (χ1n) is 7.51. The van der Waals surface area contributed by atoms with Crippen LogP contribution >= 0.6 is 0 Å². The molecule has 1 aromatic heterocycles. The van der Waals surface area contributed by atoms with Crippen molar-refractivity contribution in [3.8, 4) is 0 Å². The molecule has 1 heterocycles. The molecule has 4 nitrogen and oxygen atoms in total. The number of hydrogen-bond donors (Lipinski definition) is 0. The van der Waals surface area contributed by atoms with E-state index in [1.807, 2.05) is 30.3 Å². The lowest BCUT2D eigenvalue weighted by Gasteiger charge is -2.22. The maximum absolute atomic E-state index is 5.93. The number of hydrogen-bond acceptors (Lipinski definition) is 4. The van der Waals surface area contributed by atoms with Gasteiger partial charge in [0.15, 0.2) is 5.58 Å². The van der Waals surface area contributed by atoms with Crippen LogP contribution in [0.1, 0.15) is 5.56 Å². The Hall–Kier alpha value is -2.33. The van der Waals surface area contributed by atoms with Crippen LogP contribution in [0.4, 0.5) is 6.01 Å². The van der Waals surface area contributed by atoms with Gasteiger partial charge < -0.3 is 14.2 Å². The van der Waals surface area contributed by atoms with Gasteiger partial charge in [-0.15, -0.1) is 0 Å². The van der Waals surface area contributed by atoms with Crippen LogP contribution < -0.4 is 4.90 Å². The van der Waals surface area contributed by atoms with Gasteiger partial charge in [-0.3, -0.25) is 0 Å². The summed E-state index contributed by atoms with van der Waals surface area (Å²) in [5.74, 6) is 0. The van der Waals surface area contributed by atoms with E-state index in [0.29, 0.717) is 6.01 Å². The van der Waals surface area contributed by atoms with Gasteiger partial charge in [-0.05, 0) is 31.8 Å². The van der Waals surface area contributed by atoms with E-state index in [0.717, 1.165) is 30.7 Å². The number of oxazole rings is 1. The molecule has 3 aromatic rings. The number of likely N-dealkylation sites (N-methyl/N-ethyl adjacent to an activating group) is 1. The van der Waals surface area contributed by atoms with Crippen LogP contribution in [-0.2, 0) is 6.54 Å². The molecule has 0 aliphatic carbocycles. The second kappa shape index (κ2) is 6.62. The minimum absolute atomic E-state index is 0.687. The van der Waals surface area contributed by atoms with E-state index in [2.05, 4.69) is 53.1 Å². The van der Waals surface area contributed by atoms with Crippen molar-refractivity contribution in [2.45, 2.75) is 6.54 Å². The third kappa shape index (κ3) is 3.46. The maximum atomic E-state index is 5.93. The van der Waals surface area contributed by atoms with Gasteiger partial charge in [0.05, 0.1) is 0 Å². The van der Waals surface area contributed by atoms with Gasteiger partial charge >= 0.3 is 0 Å².